The molecule has 2 aromatic carbocycles. The van der Waals surface area contributed by atoms with E-state index in [1.54, 1.807) is 7.11 Å². The highest BCUT2D eigenvalue weighted by molar-refractivity contribution is 5.76. The fraction of sp³-hybridized carbons (Fsp3) is 0.350. The van der Waals surface area contributed by atoms with E-state index < -0.39 is 0 Å². The molecule has 1 amide bonds. The Morgan fingerprint density at radius 3 is 2.40 bits per heavy atom. The molecule has 5 nitrogen and oxygen atoms in total. The molecule has 0 atom stereocenters. The molecule has 0 saturated carbocycles. The van der Waals surface area contributed by atoms with Gasteiger partial charge in [-0.15, -0.1) is 0 Å². The van der Waals surface area contributed by atoms with E-state index in [1.165, 1.54) is 0 Å². The lowest BCUT2D eigenvalue weighted by molar-refractivity contribution is -0.132. The lowest BCUT2D eigenvalue weighted by atomic mass is 10.2. The smallest absolute Gasteiger partial charge is 0.226 e. The molecule has 1 aliphatic rings. The van der Waals surface area contributed by atoms with E-state index >= 15 is 0 Å². The van der Waals surface area contributed by atoms with Gasteiger partial charge in [0.1, 0.15) is 11.5 Å². The maximum absolute atomic E-state index is 12.3. The highest BCUT2D eigenvalue weighted by Crippen LogP contribution is 2.22. The van der Waals surface area contributed by atoms with Gasteiger partial charge in [-0.25, -0.2) is 0 Å². The Morgan fingerprint density at radius 2 is 1.68 bits per heavy atom. The number of rotatable bonds is 6. The number of para-hydroxylation sites is 1. The number of methoxy groups -OCH3 is 1. The summed E-state index contributed by atoms with van der Waals surface area (Å²) in [6.07, 6.45) is 0.411. The minimum atomic E-state index is 0.154. The van der Waals surface area contributed by atoms with Crippen LogP contribution in [0.5, 0.6) is 11.5 Å². The average molecular weight is 340 g/mol. The number of hydrogen-bond donors (Lipinski definition) is 0. The van der Waals surface area contributed by atoms with Gasteiger partial charge in [-0.2, -0.15) is 0 Å². The second-order valence-electron chi connectivity index (χ2n) is 5.98. The number of amides is 1. The van der Waals surface area contributed by atoms with E-state index in [0.717, 1.165) is 43.4 Å². The Labute approximate surface area is 148 Å². The lowest BCUT2D eigenvalue weighted by Gasteiger charge is -2.36. The second-order valence-corrected chi connectivity index (χ2v) is 5.98. The quantitative estimate of drug-likeness (QED) is 0.811. The van der Waals surface area contributed by atoms with E-state index in [1.807, 2.05) is 53.4 Å². The Morgan fingerprint density at radius 1 is 0.960 bits per heavy atom. The van der Waals surface area contributed by atoms with Crippen LogP contribution in [0.1, 0.15) is 6.42 Å². The van der Waals surface area contributed by atoms with Gasteiger partial charge in [0, 0.05) is 37.9 Å². The molecular weight excluding hydrogens is 316 g/mol. The number of hydrogen-bond acceptors (Lipinski definition) is 4. The first kappa shape index (κ1) is 17.1. The lowest BCUT2D eigenvalue weighted by Crippen LogP contribution is -2.49. The summed E-state index contributed by atoms with van der Waals surface area (Å²) in [5, 5.41) is 0. The van der Waals surface area contributed by atoms with Gasteiger partial charge in [-0.05, 0) is 24.3 Å². The van der Waals surface area contributed by atoms with E-state index in [0.29, 0.717) is 13.0 Å². The maximum atomic E-state index is 12.3. The van der Waals surface area contributed by atoms with Crippen LogP contribution < -0.4 is 14.4 Å². The van der Waals surface area contributed by atoms with Gasteiger partial charge in [-0.3, -0.25) is 4.79 Å². The number of carbonyl (C=O) groups is 1. The summed E-state index contributed by atoms with van der Waals surface area (Å²) in [6.45, 7) is 3.55. The molecule has 5 heteroatoms. The first-order chi connectivity index (χ1) is 12.3. The van der Waals surface area contributed by atoms with Crippen molar-refractivity contribution < 1.29 is 14.3 Å². The molecule has 0 radical (unpaired) electrons. The number of carbonyl (C=O) groups excluding carboxylic acids is 1. The number of nitrogens with zero attached hydrogens (tertiary/aromatic N) is 2. The van der Waals surface area contributed by atoms with Crippen LogP contribution in [0.3, 0.4) is 0 Å². The van der Waals surface area contributed by atoms with Gasteiger partial charge >= 0.3 is 0 Å². The second kappa shape index (κ2) is 8.42. The molecule has 0 spiro atoms. The molecule has 1 heterocycles. The monoisotopic (exact) mass is 340 g/mol. The molecule has 0 aliphatic carbocycles. The number of benzene rings is 2. The molecule has 0 aromatic heterocycles. The molecular formula is C20H24N2O3. The van der Waals surface area contributed by atoms with Gasteiger partial charge in [0.2, 0.25) is 5.91 Å². The topological polar surface area (TPSA) is 42.0 Å². The predicted octanol–water partition coefficient (Wildman–Crippen LogP) is 2.81. The van der Waals surface area contributed by atoms with Gasteiger partial charge in [0.05, 0.1) is 20.1 Å². The Kier molecular flexibility index (Phi) is 5.77. The summed E-state index contributed by atoms with van der Waals surface area (Å²) in [6, 6.07) is 17.6. The molecule has 1 aliphatic heterocycles. The van der Waals surface area contributed by atoms with Gasteiger partial charge in [0.15, 0.2) is 0 Å². The van der Waals surface area contributed by atoms with Crippen LogP contribution in [0.2, 0.25) is 0 Å². The molecule has 1 fully saturated rings. The van der Waals surface area contributed by atoms with E-state index in [4.69, 9.17) is 9.47 Å². The molecule has 1 saturated heterocycles. The summed E-state index contributed by atoms with van der Waals surface area (Å²) >= 11 is 0. The number of anilines is 1. The zero-order valence-electron chi connectivity index (χ0n) is 14.6. The summed E-state index contributed by atoms with van der Waals surface area (Å²) in [5.74, 6) is 1.81. The Hall–Kier alpha value is -2.69. The van der Waals surface area contributed by atoms with Crippen LogP contribution in [-0.4, -0.2) is 50.7 Å². The minimum Gasteiger partial charge on any atom is -0.497 e. The van der Waals surface area contributed by atoms with Crippen molar-refractivity contribution in [1.82, 2.24) is 4.90 Å². The van der Waals surface area contributed by atoms with Gasteiger partial charge in [-0.1, -0.05) is 24.3 Å². The molecule has 0 bridgehead atoms. The van der Waals surface area contributed by atoms with Crippen molar-refractivity contribution in [3.05, 3.63) is 54.6 Å². The normalized spacial score (nSPS) is 14.3. The Balaban J connectivity index is 1.44. The average Bonchev–Trinajstić information content (AvgIpc) is 2.69. The zero-order valence-corrected chi connectivity index (χ0v) is 14.6. The van der Waals surface area contributed by atoms with Gasteiger partial charge < -0.3 is 19.3 Å². The summed E-state index contributed by atoms with van der Waals surface area (Å²) in [5.41, 5.74) is 1.14. The van der Waals surface area contributed by atoms with Crippen molar-refractivity contribution in [3.63, 3.8) is 0 Å². The molecule has 0 N–H and O–H groups in total. The van der Waals surface area contributed by atoms with Crippen LogP contribution in [0.15, 0.2) is 54.6 Å². The van der Waals surface area contributed by atoms with Crippen LogP contribution in [0, 0.1) is 0 Å². The van der Waals surface area contributed by atoms with Crippen molar-refractivity contribution in [2.75, 3.05) is 44.8 Å². The number of piperazine rings is 1. The standard InChI is InChI=1S/C20H24N2O3/c1-24-19-9-5-6-17(16-19)21-11-13-22(14-12-21)20(23)10-15-25-18-7-3-2-4-8-18/h2-9,16H,10-15H2,1H3. The molecule has 0 unspecified atom stereocenters. The summed E-state index contributed by atoms with van der Waals surface area (Å²) in [4.78, 5) is 16.5. The summed E-state index contributed by atoms with van der Waals surface area (Å²) < 4.78 is 10.9. The molecule has 132 valence electrons. The fourth-order valence-corrected chi connectivity index (χ4v) is 2.95. The first-order valence-electron chi connectivity index (χ1n) is 8.61. The highest BCUT2D eigenvalue weighted by atomic mass is 16.5. The van der Waals surface area contributed by atoms with Crippen LogP contribution in [0.4, 0.5) is 5.69 Å². The number of ether oxygens (including phenoxy) is 2. The maximum Gasteiger partial charge on any atom is 0.226 e. The van der Waals surface area contributed by atoms with E-state index in [9.17, 15) is 4.79 Å². The molecule has 3 rings (SSSR count). The van der Waals surface area contributed by atoms with E-state index in [-0.39, 0.29) is 5.91 Å². The fourth-order valence-electron chi connectivity index (χ4n) is 2.95. The van der Waals surface area contributed by atoms with Crippen molar-refractivity contribution in [1.29, 1.82) is 0 Å². The van der Waals surface area contributed by atoms with Crippen LogP contribution >= 0.6 is 0 Å². The van der Waals surface area contributed by atoms with E-state index in [2.05, 4.69) is 11.0 Å². The SMILES string of the molecule is COc1cccc(N2CCN(C(=O)CCOc3ccccc3)CC2)c1. The van der Waals surface area contributed by atoms with Crippen molar-refractivity contribution in [3.8, 4) is 11.5 Å². The molecule has 2 aromatic rings. The largest absolute Gasteiger partial charge is 0.497 e. The van der Waals surface area contributed by atoms with Crippen LogP contribution in [-0.2, 0) is 4.79 Å². The van der Waals surface area contributed by atoms with Crippen molar-refractivity contribution >= 4 is 11.6 Å². The van der Waals surface area contributed by atoms with Gasteiger partial charge in [0.25, 0.3) is 0 Å². The summed E-state index contributed by atoms with van der Waals surface area (Å²) in [7, 11) is 1.67. The zero-order chi connectivity index (χ0) is 17.5. The third kappa shape index (κ3) is 4.66. The predicted molar refractivity (Wildman–Crippen MR) is 98.3 cm³/mol. The highest BCUT2D eigenvalue weighted by Gasteiger charge is 2.21. The van der Waals surface area contributed by atoms with Crippen molar-refractivity contribution in [2.45, 2.75) is 6.42 Å². The van der Waals surface area contributed by atoms with Crippen molar-refractivity contribution in [2.24, 2.45) is 0 Å². The van der Waals surface area contributed by atoms with Crippen LogP contribution in [0.25, 0.3) is 0 Å². The third-order valence-corrected chi connectivity index (χ3v) is 4.38. The first-order valence-corrected chi connectivity index (χ1v) is 8.61. The third-order valence-electron chi connectivity index (χ3n) is 4.38. The Bertz CT molecular complexity index is 682. The molecule has 25 heavy (non-hydrogen) atoms. The minimum absolute atomic E-state index is 0.154.